The second kappa shape index (κ2) is 23.5. The summed E-state index contributed by atoms with van der Waals surface area (Å²) in [7, 11) is 0. The van der Waals surface area contributed by atoms with Crippen molar-refractivity contribution in [3.8, 4) is 0 Å². The Balaban J connectivity index is 1.12. The van der Waals surface area contributed by atoms with Crippen LogP contribution in [0.15, 0.2) is 40.2 Å². The number of allylic oxidation sites excluding steroid dienone is 2. The van der Waals surface area contributed by atoms with Crippen molar-refractivity contribution in [3.63, 3.8) is 0 Å². The summed E-state index contributed by atoms with van der Waals surface area (Å²) in [5, 5.41) is 10.5. The Bertz CT molecular complexity index is 1190. The Morgan fingerprint density at radius 1 is 0.774 bits per heavy atom. The molecule has 1 aromatic heterocycles. The van der Waals surface area contributed by atoms with Gasteiger partial charge in [0.25, 0.3) is 0 Å². The SMILES string of the molecule is OC(CCC/C=C\C[C@@H]1[C@@H](/C=C/C(CCc2ccc(Br)s2)O[C@H]2CCCCO2)[C@H](OC2CCCCO2)C[C@@H]1OC1CCCCO1)COC1CCCCO1. The summed E-state index contributed by atoms with van der Waals surface area (Å²) in [5.74, 6) is 0.352. The number of aliphatic hydroxyl groups excluding tert-OH is 1. The lowest BCUT2D eigenvalue weighted by Gasteiger charge is -2.30. The molecule has 300 valence electrons. The van der Waals surface area contributed by atoms with Crippen molar-refractivity contribution in [1.82, 2.24) is 0 Å². The van der Waals surface area contributed by atoms with E-state index in [0.717, 1.165) is 146 Å². The van der Waals surface area contributed by atoms with Crippen LogP contribution in [0.2, 0.25) is 0 Å². The van der Waals surface area contributed by atoms with E-state index in [1.807, 2.05) is 0 Å². The van der Waals surface area contributed by atoms with E-state index in [1.165, 1.54) is 4.88 Å². The van der Waals surface area contributed by atoms with Crippen molar-refractivity contribution in [2.75, 3.05) is 33.0 Å². The number of unbranched alkanes of at least 4 members (excludes halogenated alkanes) is 1. The number of halogens is 1. The van der Waals surface area contributed by atoms with Crippen molar-refractivity contribution < 1.29 is 43.0 Å². The number of hydrogen-bond donors (Lipinski definition) is 1. The van der Waals surface area contributed by atoms with Crippen LogP contribution < -0.4 is 0 Å². The zero-order valence-electron chi connectivity index (χ0n) is 31.7. The van der Waals surface area contributed by atoms with Crippen LogP contribution in [0.4, 0.5) is 0 Å². The van der Waals surface area contributed by atoms with E-state index in [-0.39, 0.29) is 55.3 Å². The summed E-state index contributed by atoms with van der Waals surface area (Å²) in [4.78, 5) is 1.35. The maximum Gasteiger partial charge on any atom is 0.158 e. The molecular weight excluding hydrogens is 760 g/mol. The highest BCUT2D eigenvalue weighted by molar-refractivity contribution is 9.11. The maximum atomic E-state index is 10.5. The van der Waals surface area contributed by atoms with Gasteiger partial charge >= 0.3 is 0 Å². The average Bonchev–Trinajstić information content (AvgIpc) is 3.76. The lowest BCUT2D eigenvalue weighted by molar-refractivity contribution is -0.203. The van der Waals surface area contributed by atoms with Crippen molar-refractivity contribution in [1.29, 1.82) is 0 Å². The first kappa shape index (κ1) is 41.9. The minimum absolute atomic E-state index is 0.0106. The third-order valence-electron chi connectivity index (χ3n) is 11.2. The topological polar surface area (TPSA) is 94.1 Å². The molecule has 9 nitrogen and oxygen atoms in total. The van der Waals surface area contributed by atoms with Crippen molar-refractivity contribution in [2.45, 2.75) is 172 Å². The van der Waals surface area contributed by atoms with Gasteiger partial charge in [-0.3, -0.25) is 0 Å². The number of ether oxygens (including phenoxy) is 8. The number of hydrogen-bond acceptors (Lipinski definition) is 10. The Morgan fingerprint density at radius 2 is 1.42 bits per heavy atom. The molecule has 6 rings (SSSR count). The lowest BCUT2D eigenvalue weighted by atomic mass is 9.89. The summed E-state index contributed by atoms with van der Waals surface area (Å²) in [6, 6.07) is 4.33. The van der Waals surface area contributed by atoms with E-state index >= 15 is 0 Å². The normalized spacial score (nSPS) is 32.8. The van der Waals surface area contributed by atoms with Crippen LogP contribution in [0.25, 0.3) is 0 Å². The summed E-state index contributed by atoms with van der Waals surface area (Å²) < 4.78 is 51.2. The van der Waals surface area contributed by atoms with Gasteiger partial charge < -0.3 is 43.0 Å². The van der Waals surface area contributed by atoms with E-state index in [0.29, 0.717) is 13.0 Å². The number of aryl methyl sites for hydroxylation is 1. The van der Waals surface area contributed by atoms with Crippen molar-refractivity contribution >= 4 is 27.3 Å². The molecule has 5 fully saturated rings. The molecule has 0 amide bonds. The van der Waals surface area contributed by atoms with Gasteiger partial charge in [0.05, 0.1) is 34.8 Å². The van der Waals surface area contributed by atoms with Gasteiger partial charge in [-0.25, -0.2) is 0 Å². The molecule has 11 heteroatoms. The minimum Gasteiger partial charge on any atom is -0.391 e. The molecule has 5 aliphatic rings. The largest absolute Gasteiger partial charge is 0.391 e. The Hall–Kier alpha value is -0.700. The zero-order chi connectivity index (χ0) is 36.5. The molecule has 10 atom stereocenters. The van der Waals surface area contributed by atoms with Gasteiger partial charge in [0, 0.05) is 43.6 Å². The molecule has 0 aromatic carbocycles. The predicted molar refractivity (Wildman–Crippen MR) is 210 cm³/mol. The van der Waals surface area contributed by atoms with Gasteiger partial charge in [0.2, 0.25) is 0 Å². The Morgan fingerprint density at radius 3 is 2.04 bits per heavy atom. The van der Waals surface area contributed by atoms with Gasteiger partial charge in [-0.2, -0.15) is 0 Å². The van der Waals surface area contributed by atoms with E-state index in [9.17, 15) is 5.11 Å². The lowest BCUT2D eigenvalue weighted by Crippen LogP contribution is -2.31. The van der Waals surface area contributed by atoms with Crippen molar-refractivity contribution in [3.05, 3.63) is 45.1 Å². The van der Waals surface area contributed by atoms with Crippen LogP contribution in [0.1, 0.15) is 120 Å². The standard InChI is InChI=1S/C42H65BrO9S/c43-38-24-22-33(53-38)21-19-32(50-40-16-6-10-26-46-40)20-23-35-34(14-4-2-1-3-13-31(44)30-49-39-15-5-9-25-45-39)36(51-41-17-7-11-27-47-41)29-37(35)52-42-18-8-12-28-48-42/h2,4,20,22-24,31-32,34-37,39-42,44H,1,3,5-19,21,25-30H2/b4-2-,23-20+/t31?,32?,34-,35-,36+,37-,39?,40+,41?,42?/m1/s1. The first-order chi connectivity index (χ1) is 26.1. The van der Waals surface area contributed by atoms with Gasteiger partial charge in [-0.1, -0.05) is 24.3 Å². The highest BCUT2D eigenvalue weighted by Crippen LogP contribution is 2.42. The first-order valence-corrected chi connectivity index (χ1v) is 22.5. The monoisotopic (exact) mass is 824 g/mol. The second-order valence-corrected chi connectivity index (χ2v) is 18.0. The summed E-state index contributed by atoms with van der Waals surface area (Å²) in [5.41, 5.74) is 0. The average molecular weight is 826 g/mol. The highest BCUT2D eigenvalue weighted by Gasteiger charge is 2.45. The van der Waals surface area contributed by atoms with E-state index in [2.05, 4.69) is 52.4 Å². The number of rotatable bonds is 20. The van der Waals surface area contributed by atoms with Crippen LogP contribution >= 0.6 is 27.3 Å². The highest BCUT2D eigenvalue weighted by atomic mass is 79.9. The van der Waals surface area contributed by atoms with Crippen LogP contribution in [0, 0.1) is 11.8 Å². The van der Waals surface area contributed by atoms with Crippen LogP contribution in [-0.4, -0.2) is 87.7 Å². The third kappa shape index (κ3) is 14.6. The molecule has 1 aromatic rings. The minimum atomic E-state index is -0.470. The second-order valence-electron chi connectivity index (χ2n) is 15.4. The molecule has 1 saturated carbocycles. The Labute approximate surface area is 330 Å². The molecule has 0 spiro atoms. The fourth-order valence-electron chi connectivity index (χ4n) is 8.22. The molecule has 0 bridgehead atoms. The maximum absolute atomic E-state index is 10.5. The fourth-order valence-corrected chi connectivity index (χ4v) is 9.72. The molecule has 53 heavy (non-hydrogen) atoms. The Kier molecular flexibility index (Phi) is 18.6. The van der Waals surface area contributed by atoms with Gasteiger partial charge in [0.1, 0.15) is 0 Å². The number of thiophene rings is 1. The van der Waals surface area contributed by atoms with E-state index in [1.54, 1.807) is 11.3 Å². The molecular formula is C42H65BrO9S. The van der Waals surface area contributed by atoms with Crippen LogP contribution in [-0.2, 0) is 44.3 Å². The van der Waals surface area contributed by atoms with Gasteiger partial charge in [0.15, 0.2) is 25.2 Å². The molecule has 1 aliphatic carbocycles. The molecule has 4 saturated heterocycles. The molecule has 1 N–H and O–H groups in total. The molecule has 5 heterocycles. The quantitative estimate of drug-likeness (QED) is 0.102. The van der Waals surface area contributed by atoms with E-state index < -0.39 is 6.10 Å². The van der Waals surface area contributed by atoms with Crippen LogP contribution in [0.3, 0.4) is 0 Å². The number of aliphatic hydroxyl groups is 1. The third-order valence-corrected chi connectivity index (χ3v) is 12.9. The smallest absolute Gasteiger partial charge is 0.158 e. The molecule has 5 unspecified atom stereocenters. The van der Waals surface area contributed by atoms with Gasteiger partial charge in [-0.05, 0) is 150 Å². The predicted octanol–water partition coefficient (Wildman–Crippen LogP) is 9.39. The summed E-state index contributed by atoms with van der Waals surface area (Å²) in [6.07, 6.45) is 26.7. The molecule has 0 radical (unpaired) electrons. The molecule has 4 aliphatic heterocycles. The van der Waals surface area contributed by atoms with Crippen LogP contribution in [0.5, 0.6) is 0 Å². The zero-order valence-corrected chi connectivity index (χ0v) is 34.1. The van der Waals surface area contributed by atoms with Gasteiger partial charge in [-0.15, -0.1) is 11.3 Å². The first-order valence-electron chi connectivity index (χ1n) is 20.9. The summed E-state index contributed by atoms with van der Waals surface area (Å²) >= 11 is 5.42. The van der Waals surface area contributed by atoms with Crippen molar-refractivity contribution in [2.24, 2.45) is 11.8 Å². The fraction of sp³-hybridized carbons (Fsp3) is 0.810. The summed E-state index contributed by atoms with van der Waals surface area (Å²) in [6.45, 7) is 3.36. The van der Waals surface area contributed by atoms with E-state index in [4.69, 9.17) is 37.9 Å².